The standard InChI is InChI=1S/C17H24N2O4/c1-3-4-5-6-11-15(17(22)23)19-16(21)13-9-7-8-10-14(13)18-12(2)20/h7-10,15H,3-6,11H2,1-2H3,(H,18,20)(H,19,21)(H,22,23)/t15-/m0/s1. The van der Waals surface area contributed by atoms with E-state index in [4.69, 9.17) is 0 Å². The fraction of sp³-hybridized carbons (Fsp3) is 0.471. The number of carboxylic acid groups (broad SMARTS) is 1. The van der Waals surface area contributed by atoms with Gasteiger partial charge in [0.05, 0.1) is 11.3 Å². The summed E-state index contributed by atoms with van der Waals surface area (Å²) in [7, 11) is 0. The first kappa shape index (κ1) is 18.7. The molecule has 0 bridgehead atoms. The van der Waals surface area contributed by atoms with Crippen molar-refractivity contribution in [2.45, 2.75) is 52.0 Å². The SMILES string of the molecule is CCCCCC[C@H](NC(=O)c1ccccc1NC(C)=O)C(=O)O. The van der Waals surface area contributed by atoms with Crippen LogP contribution < -0.4 is 10.6 Å². The first-order chi connectivity index (χ1) is 11.0. The van der Waals surface area contributed by atoms with E-state index in [0.29, 0.717) is 12.1 Å². The lowest BCUT2D eigenvalue weighted by Gasteiger charge is -2.16. The van der Waals surface area contributed by atoms with Crippen molar-refractivity contribution in [3.8, 4) is 0 Å². The summed E-state index contributed by atoms with van der Waals surface area (Å²) in [6.45, 7) is 3.43. The number of hydrogen-bond donors (Lipinski definition) is 3. The van der Waals surface area contributed by atoms with E-state index in [0.717, 1.165) is 25.7 Å². The van der Waals surface area contributed by atoms with Crippen LogP contribution in [-0.4, -0.2) is 28.9 Å². The maximum atomic E-state index is 12.3. The Balaban J connectivity index is 2.75. The predicted molar refractivity (Wildman–Crippen MR) is 88.4 cm³/mol. The monoisotopic (exact) mass is 320 g/mol. The molecule has 0 spiro atoms. The van der Waals surface area contributed by atoms with Gasteiger partial charge in [-0.3, -0.25) is 9.59 Å². The molecule has 0 aliphatic rings. The molecule has 3 N–H and O–H groups in total. The molecule has 1 aromatic carbocycles. The number of carboxylic acids is 1. The Morgan fingerprint density at radius 3 is 2.43 bits per heavy atom. The molecule has 1 rings (SSSR count). The number of nitrogens with one attached hydrogen (secondary N) is 2. The van der Waals surface area contributed by atoms with Crippen LogP contribution in [0.5, 0.6) is 0 Å². The van der Waals surface area contributed by atoms with Gasteiger partial charge in [0.1, 0.15) is 6.04 Å². The molecular formula is C17H24N2O4. The molecule has 1 aromatic rings. The van der Waals surface area contributed by atoms with Gasteiger partial charge in [-0.15, -0.1) is 0 Å². The third-order valence-electron chi connectivity index (χ3n) is 3.43. The van der Waals surface area contributed by atoms with E-state index in [9.17, 15) is 19.5 Å². The summed E-state index contributed by atoms with van der Waals surface area (Å²) in [6, 6.07) is 5.59. The van der Waals surface area contributed by atoms with Crippen LogP contribution in [0.2, 0.25) is 0 Å². The van der Waals surface area contributed by atoms with Crippen molar-refractivity contribution in [2.75, 3.05) is 5.32 Å². The van der Waals surface area contributed by atoms with Gasteiger partial charge in [-0.2, -0.15) is 0 Å². The quantitative estimate of drug-likeness (QED) is 0.610. The molecule has 6 nitrogen and oxygen atoms in total. The maximum Gasteiger partial charge on any atom is 0.326 e. The fourth-order valence-electron chi connectivity index (χ4n) is 2.25. The number of benzene rings is 1. The van der Waals surface area contributed by atoms with E-state index >= 15 is 0 Å². The highest BCUT2D eigenvalue weighted by atomic mass is 16.4. The number of rotatable bonds is 9. The Hall–Kier alpha value is -2.37. The summed E-state index contributed by atoms with van der Waals surface area (Å²) < 4.78 is 0. The van der Waals surface area contributed by atoms with E-state index in [-0.39, 0.29) is 11.5 Å². The molecule has 0 fully saturated rings. The molecule has 0 aromatic heterocycles. The third kappa shape index (κ3) is 6.50. The Kier molecular flexibility index (Phi) is 7.80. The van der Waals surface area contributed by atoms with Crippen LogP contribution in [0, 0.1) is 0 Å². The normalized spacial score (nSPS) is 11.6. The highest BCUT2D eigenvalue weighted by Gasteiger charge is 2.21. The van der Waals surface area contributed by atoms with Gasteiger partial charge < -0.3 is 15.7 Å². The van der Waals surface area contributed by atoms with Crippen molar-refractivity contribution in [3.63, 3.8) is 0 Å². The van der Waals surface area contributed by atoms with Gasteiger partial charge in [0.2, 0.25) is 5.91 Å². The first-order valence-electron chi connectivity index (χ1n) is 7.86. The van der Waals surface area contributed by atoms with Crippen LogP contribution in [0.4, 0.5) is 5.69 Å². The molecule has 6 heteroatoms. The number of carbonyl (C=O) groups is 3. The molecular weight excluding hydrogens is 296 g/mol. The van der Waals surface area contributed by atoms with Gasteiger partial charge in [-0.05, 0) is 18.6 Å². The second-order valence-corrected chi connectivity index (χ2v) is 5.44. The van der Waals surface area contributed by atoms with Gasteiger partial charge >= 0.3 is 5.97 Å². The lowest BCUT2D eigenvalue weighted by atomic mass is 10.1. The van der Waals surface area contributed by atoms with Crippen molar-refractivity contribution in [2.24, 2.45) is 0 Å². The number of amides is 2. The minimum atomic E-state index is -1.05. The highest BCUT2D eigenvalue weighted by Crippen LogP contribution is 2.15. The molecule has 0 aliphatic heterocycles. The molecule has 2 amide bonds. The maximum absolute atomic E-state index is 12.3. The Labute approximate surface area is 136 Å². The van der Waals surface area contributed by atoms with Crippen LogP contribution in [0.15, 0.2) is 24.3 Å². The Morgan fingerprint density at radius 2 is 1.83 bits per heavy atom. The zero-order valence-corrected chi connectivity index (χ0v) is 13.6. The molecule has 1 atom stereocenters. The van der Waals surface area contributed by atoms with Crippen LogP contribution >= 0.6 is 0 Å². The third-order valence-corrected chi connectivity index (χ3v) is 3.43. The molecule has 0 heterocycles. The van der Waals surface area contributed by atoms with Crippen molar-refractivity contribution in [1.29, 1.82) is 0 Å². The van der Waals surface area contributed by atoms with Crippen molar-refractivity contribution in [3.05, 3.63) is 29.8 Å². The van der Waals surface area contributed by atoms with Gasteiger partial charge in [0.15, 0.2) is 0 Å². The number of carbonyl (C=O) groups excluding carboxylic acids is 2. The Morgan fingerprint density at radius 1 is 1.13 bits per heavy atom. The zero-order chi connectivity index (χ0) is 17.2. The van der Waals surface area contributed by atoms with Crippen LogP contribution in [0.3, 0.4) is 0 Å². The minimum Gasteiger partial charge on any atom is -0.480 e. The van der Waals surface area contributed by atoms with Crippen LogP contribution in [0.1, 0.15) is 56.3 Å². The molecule has 0 radical (unpaired) electrons. The summed E-state index contributed by atoms with van der Waals surface area (Å²) in [5.74, 6) is -1.84. The second-order valence-electron chi connectivity index (χ2n) is 5.44. The largest absolute Gasteiger partial charge is 0.480 e. The zero-order valence-electron chi connectivity index (χ0n) is 13.6. The topological polar surface area (TPSA) is 95.5 Å². The molecule has 0 saturated heterocycles. The number of para-hydroxylation sites is 1. The van der Waals surface area contributed by atoms with Crippen LogP contribution in [0.25, 0.3) is 0 Å². The number of hydrogen-bond acceptors (Lipinski definition) is 3. The van der Waals surface area contributed by atoms with Crippen molar-refractivity contribution >= 4 is 23.5 Å². The number of unbranched alkanes of at least 4 members (excludes halogenated alkanes) is 3. The summed E-state index contributed by atoms with van der Waals surface area (Å²) in [6.07, 6.45) is 4.19. The molecule has 0 unspecified atom stereocenters. The minimum absolute atomic E-state index is 0.252. The van der Waals surface area contributed by atoms with Gasteiger partial charge in [-0.25, -0.2) is 4.79 Å². The molecule has 23 heavy (non-hydrogen) atoms. The predicted octanol–water partition coefficient (Wildman–Crippen LogP) is 2.80. The smallest absolute Gasteiger partial charge is 0.326 e. The average Bonchev–Trinajstić information content (AvgIpc) is 2.49. The fourth-order valence-corrected chi connectivity index (χ4v) is 2.25. The highest BCUT2D eigenvalue weighted by molar-refractivity contribution is 6.04. The van der Waals surface area contributed by atoms with Gasteiger partial charge in [-0.1, -0.05) is 44.7 Å². The van der Waals surface area contributed by atoms with E-state index in [1.807, 2.05) is 0 Å². The van der Waals surface area contributed by atoms with Gasteiger partial charge in [0, 0.05) is 6.92 Å². The second kappa shape index (κ2) is 9.61. The molecule has 0 aliphatic carbocycles. The van der Waals surface area contributed by atoms with E-state index in [1.54, 1.807) is 24.3 Å². The summed E-state index contributed by atoms with van der Waals surface area (Å²) in [5, 5.41) is 14.4. The summed E-state index contributed by atoms with van der Waals surface area (Å²) in [4.78, 5) is 34.8. The molecule has 126 valence electrons. The first-order valence-corrected chi connectivity index (χ1v) is 7.86. The molecule has 0 saturated carbocycles. The number of anilines is 1. The van der Waals surface area contributed by atoms with Gasteiger partial charge in [0.25, 0.3) is 5.91 Å². The summed E-state index contributed by atoms with van der Waals surface area (Å²) in [5.41, 5.74) is 0.620. The van der Waals surface area contributed by atoms with E-state index < -0.39 is 17.9 Å². The lowest BCUT2D eigenvalue weighted by Crippen LogP contribution is -2.41. The van der Waals surface area contributed by atoms with Crippen molar-refractivity contribution in [1.82, 2.24) is 5.32 Å². The van der Waals surface area contributed by atoms with E-state index in [2.05, 4.69) is 17.6 Å². The average molecular weight is 320 g/mol. The van der Waals surface area contributed by atoms with Crippen molar-refractivity contribution < 1.29 is 19.5 Å². The Bertz CT molecular complexity index is 557. The number of aliphatic carboxylic acids is 1. The lowest BCUT2D eigenvalue weighted by molar-refractivity contribution is -0.139. The van der Waals surface area contributed by atoms with Crippen LogP contribution in [-0.2, 0) is 9.59 Å². The van der Waals surface area contributed by atoms with E-state index in [1.165, 1.54) is 6.92 Å². The summed E-state index contributed by atoms with van der Waals surface area (Å²) >= 11 is 0.